The van der Waals surface area contributed by atoms with Gasteiger partial charge >= 0.3 is 0 Å². The van der Waals surface area contributed by atoms with Gasteiger partial charge in [0, 0.05) is 5.39 Å². The average Bonchev–Trinajstić information content (AvgIpc) is 2.43. The summed E-state index contributed by atoms with van der Waals surface area (Å²) in [4.78, 5) is 23.0. The number of pyridine rings is 1. The maximum Gasteiger partial charge on any atom is 0.256 e. The Morgan fingerprint density at radius 2 is 1.89 bits per heavy atom. The van der Waals surface area contributed by atoms with E-state index in [1.807, 2.05) is 36.4 Å². The number of rotatable bonds is 1. The second kappa shape index (κ2) is 4.20. The summed E-state index contributed by atoms with van der Waals surface area (Å²) in [5, 5.41) is 1.04. The number of aromatic nitrogens is 3. The van der Waals surface area contributed by atoms with E-state index in [2.05, 4.69) is 15.0 Å². The lowest BCUT2D eigenvalue weighted by Crippen LogP contribution is -2.15. The van der Waals surface area contributed by atoms with Crippen molar-refractivity contribution < 1.29 is 0 Å². The molecule has 0 spiro atoms. The van der Waals surface area contributed by atoms with Crippen LogP contribution < -0.4 is 11.3 Å². The molecule has 94 valence electrons. The molecular formula is C14H12N4O. The molecule has 0 aliphatic rings. The minimum atomic E-state index is -0.238. The Morgan fingerprint density at radius 3 is 2.68 bits per heavy atom. The summed E-state index contributed by atoms with van der Waals surface area (Å²) in [6, 6.07) is 11.5. The van der Waals surface area contributed by atoms with E-state index in [4.69, 9.17) is 5.73 Å². The van der Waals surface area contributed by atoms with E-state index in [0.29, 0.717) is 17.1 Å². The number of nitrogens with zero attached hydrogens (tertiary/aromatic N) is 2. The highest BCUT2D eigenvalue weighted by atomic mass is 16.1. The van der Waals surface area contributed by atoms with Crippen molar-refractivity contribution in [3.05, 3.63) is 52.3 Å². The van der Waals surface area contributed by atoms with Crippen LogP contribution >= 0.6 is 0 Å². The van der Waals surface area contributed by atoms with Crippen molar-refractivity contribution in [3.63, 3.8) is 0 Å². The van der Waals surface area contributed by atoms with Gasteiger partial charge in [-0.25, -0.2) is 9.97 Å². The molecule has 0 saturated carbocycles. The molecule has 2 aromatic heterocycles. The van der Waals surface area contributed by atoms with Crippen molar-refractivity contribution in [3.8, 4) is 11.5 Å². The number of nitrogens with two attached hydrogens (primary N) is 1. The van der Waals surface area contributed by atoms with Crippen LogP contribution in [0, 0.1) is 6.92 Å². The number of hydrogen-bond acceptors (Lipinski definition) is 4. The number of H-pyrrole nitrogens is 1. The second-order valence-corrected chi connectivity index (χ2v) is 4.31. The van der Waals surface area contributed by atoms with Crippen molar-refractivity contribution in [2.75, 3.05) is 5.73 Å². The van der Waals surface area contributed by atoms with Gasteiger partial charge in [-0.05, 0) is 19.1 Å². The van der Waals surface area contributed by atoms with E-state index >= 15 is 0 Å². The van der Waals surface area contributed by atoms with Gasteiger partial charge in [-0.15, -0.1) is 0 Å². The van der Waals surface area contributed by atoms with Crippen molar-refractivity contribution in [2.24, 2.45) is 0 Å². The molecular weight excluding hydrogens is 240 g/mol. The molecule has 0 bridgehead atoms. The first-order valence-corrected chi connectivity index (χ1v) is 5.88. The molecule has 0 radical (unpaired) electrons. The fourth-order valence-electron chi connectivity index (χ4n) is 1.87. The first-order chi connectivity index (χ1) is 9.15. The fraction of sp³-hybridized carbons (Fsp3) is 0.0714. The summed E-state index contributed by atoms with van der Waals surface area (Å²) >= 11 is 0. The predicted molar refractivity (Wildman–Crippen MR) is 74.7 cm³/mol. The van der Waals surface area contributed by atoms with Crippen molar-refractivity contribution in [2.45, 2.75) is 6.92 Å². The zero-order chi connectivity index (χ0) is 13.4. The van der Waals surface area contributed by atoms with Crippen LogP contribution in [0.3, 0.4) is 0 Å². The highest BCUT2D eigenvalue weighted by Gasteiger charge is 2.08. The third kappa shape index (κ3) is 1.95. The summed E-state index contributed by atoms with van der Waals surface area (Å²) in [7, 11) is 0. The number of nitrogens with one attached hydrogen (secondary N) is 1. The van der Waals surface area contributed by atoms with Crippen molar-refractivity contribution in [1.29, 1.82) is 0 Å². The summed E-state index contributed by atoms with van der Waals surface area (Å²) in [5.74, 6) is 0.618. The Balaban J connectivity index is 2.22. The molecule has 3 rings (SSSR count). The number of benzene rings is 1. The van der Waals surface area contributed by atoms with Crippen LogP contribution in [-0.4, -0.2) is 15.0 Å². The molecule has 0 aliphatic heterocycles. The highest BCUT2D eigenvalue weighted by molar-refractivity contribution is 5.80. The average molecular weight is 252 g/mol. The van der Waals surface area contributed by atoms with E-state index in [1.165, 1.54) is 0 Å². The first-order valence-electron chi connectivity index (χ1n) is 5.88. The Labute approximate surface area is 109 Å². The minimum absolute atomic E-state index is 0.230. The summed E-state index contributed by atoms with van der Waals surface area (Å²) in [5.41, 5.74) is 7.34. The van der Waals surface area contributed by atoms with Gasteiger partial charge < -0.3 is 10.7 Å². The fourth-order valence-corrected chi connectivity index (χ4v) is 1.87. The molecule has 2 heterocycles. The molecule has 0 saturated heterocycles. The lowest BCUT2D eigenvalue weighted by Gasteiger charge is -2.04. The number of nitrogen functional groups attached to an aromatic ring is 1. The van der Waals surface area contributed by atoms with Gasteiger partial charge in [0.05, 0.1) is 11.1 Å². The largest absolute Gasteiger partial charge is 0.383 e. The third-order valence-electron chi connectivity index (χ3n) is 3.03. The molecule has 5 nitrogen and oxygen atoms in total. The van der Waals surface area contributed by atoms with Gasteiger partial charge in [-0.2, -0.15) is 0 Å². The summed E-state index contributed by atoms with van der Waals surface area (Å²) in [6.07, 6.45) is 0. The maximum atomic E-state index is 11.7. The second-order valence-electron chi connectivity index (χ2n) is 4.31. The Kier molecular flexibility index (Phi) is 2.52. The summed E-state index contributed by atoms with van der Waals surface area (Å²) in [6.45, 7) is 1.64. The van der Waals surface area contributed by atoms with Gasteiger partial charge in [0.2, 0.25) is 0 Å². The molecule has 0 atom stereocenters. The maximum absolute atomic E-state index is 11.7. The SMILES string of the molecule is Cc1c(N)nc(-c2ccc3ccccc3n2)[nH]c1=O. The lowest BCUT2D eigenvalue weighted by atomic mass is 10.2. The van der Waals surface area contributed by atoms with E-state index in [0.717, 1.165) is 10.9 Å². The van der Waals surface area contributed by atoms with E-state index < -0.39 is 0 Å². The van der Waals surface area contributed by atoms with Crippen molar-refractivity contribution >= 4 is 16.7 Å². The molecule has 0 amide bonds. The van der Waals surface area contributed by atoms with Crippen LogP contribution in [-0.2, 0) is 0 Å². The standard InChI is InChI=1S/C14H12N4O/c1-8-12(15)17-13(18-14(8)19)11-7-6-9-4-2-3-5-10(9)16-11/h2-7H,1H3,(H3,15,17,18,19). The zero-order valence-electron chi connectivity index (χ0n) is 10.3. The number of fused-ring (bicyclic) bond motifs is 1. The molecule has 0 aliphatic carbocycles. The molecule has 19 heavy (non-hydrogen) atoms. The quantitative estimate of drug-likeness (QED) is 0.692. The summed E-state index contributed by atoms with van der Waals surface area (Å²) < 4.78 is 0. The Morgan fingerprint density at radius 1 is 1.11 bits per heavy atom. The number of aromatic amines is 1. The highest BCUT2D eigenvalue weighted by Crippen LogP contribution is 2.18. The Hall–Kier alpha value is -2.69. The van der Waals surface area contributed by atoms with Crippen LogP contribution in [0.4, 0.5) is 5.82 Å². The van der Waals surface area contributed by atoms with Crippen LogP contribution in [0.2, 0.25) is 0 Å². The van der Waals surface area contributed by atoms with Crippen LogP contribution in [0.15, 0.2) is 41.2 Å². The predicted octanol–water partition coefficient (Wildman–Crippen LogP) is 1.88. The van der Waals surface area contributed by atoms with Gasteiger partial charge in [-0.1, -0.05) is 24.3 Å². The minimum Gasteiger partial charge on any atom is -0.383 e. The smallest absolute Gasteiger partial charge is 0.256 e. The van der Waals surface area contributed by atoms with Crippen LogP contribution in [0.25, 0.3) is 22.4 Å². The van der Waals surface area contributed by atoms with E-state index in [9.17, 15) is 4.79 Å². The third-order valence-corrected chi connectivity index (χ3v) is 3.03. The van der Waals surface area contributed by atoms with Crippen LogP contribution in [0.1, 0.15) is 5.56 Å². The molecule has 3 aromatic rings. The molecule has 3 N–H and O–H groups in total. The van der Waals surface area contributed by atoms with Crippen LogP contribution in [0.5, 0.6) is 0 Å². The van der Waals surface area contributed by atoms with Gasteiger partial charge in [-0.3, -0.25) is 4.79 Å². The normalized spacial score (nSPS) is 10.8. The van der Waals surface area contributed by atoms with Gasteiger partial charge in [0.1, 0.15) is 11.5 Å². The van der Waals surface area contributed by atoms with E-state index in [1.54, 1.807) is 6.92 Å². The number of anilines is 1. The first kappa shape index (κ1) is 11.4. The molecule has 1 aromatic carbocycles. The van der Waals surface area contributed by atoms with Gasteiger partial charge in [0.15, 0.2) is 5.82 Å². The molecule has 0 fully saturated rings. The molecule has 0 unspecified atom stereocenters. The Bertz CT molecular complexity index is 823. The van der Waals surface area contributed by atoms with Gasteiger partial charge in [0.25, 0.3) is 5.56 Å². The van der Waals surface area contributed by atoms with Crippen molar-refractivity contribution in [1.82, 2.24) is 15.0 Å². The van der Waals surface area contributed by atoms with E-state index in [-0.39, 0.29) is 11.4 Å². The lowest BCUT2D eigenvalue weighted by molar-refractivity contribution is 1.08. The monoisotopic (exact) mass is 252 g/mol. The molecule has 5 heteroatoms. The number of para-hydroxylation sites is 1. The topological polar surface area (TPSA) is 84.7 Å². The zero-order valence-corrected chi connectivity index (χ0v) is 10.3. The number of hydrogen-bond donors (Lipinski definition) is 2.